The largest absolute Gasteiger partial charge is 0.467 e. The second kappa shape index (κ2) is 32.3. The summed E-state index contributed by atoms with van der Waals surface area (Å²) < 4.78 is 19.6. The van der Waals surface area contributed by atoms with Gasteiger partial charge in [-0.3, -0.25) is 38.4 Å². The lowest BCUT2D eigenvalue weighted by molar-refractivity contribution is -0.143. The summed E-state index contributed by atoms with van der Waals surface area (Å²) in [6.45, 7) is -0.428. The van der Waals surface area contributed by atoms with Crippen LogP contribution in [0.25, 0.3) is 0 Å². The van der Waals surface area contributed by atoms with Crippen molar-refractivity contribution in [2.24, 2.45) is 0 Å². The molecule has 88 heavy (non-hydrogen) atoms. The smallest absolute Gasteiger partial charge is 0.329 e. The van der Waals surface area contributed by atoms with E-state index < -0.39 is 95.3 Å². The van der Waals surface area contributed by atoms with E-state index in [2.05, 4.69) is 72.4 Å². The molecule has 7 rings (SSSR count). The Balaban J connectivity index is 1.02. The van der Waals surface area contributed by atoms with Gasteiger partial charge in [-0.05, 0) is 72.8 Å². The minimum atomic E-state index is -1.17. The van der Waals surface area contributed by atoms with E-state index in [1.54, 1.807) is 0 Å². The van der Waals surface area contributed by atoms with Crippen LogP contribution >= 0.6 is 43.2 Å². The number of hydrogen-bond donors (Lipinski definition) is 12. The first kappa shape index (κ1) is 66.0. The number of esters is 4. The highest BCUT2D eigenvalue weighted by molar-refractivity contribution is 8.77. The molecule has 7 heterocycles. The Kier molecular flexibility index (Phi) is 24.2. The second-order valence-electron chi connectivity index (χ2n) is 18.5. The third-order valence-electron chi connectivity index (χ3n) is 12.4. The Morgan fingerprint density at radius 3 is 0.761 bits per heavy atom. The molecule has 464 valence electrons. The summed E-state index contributed by atoms with van der Waals surface area (Å²) in [5.74, 6) is -8.64. The number of hydrogen-bond acceptors (Lipinski definition) is 22. The molecule has 6 aromatic rings. The molecule has 6 aromatic heterocycles. The van der Waals surface area contributed by atoms with Gasteiger partial charge in [0.15, 0.2) is 0 Å². The number of aromatic amines is 4. The van der Waals surface area contributed by atoms with E-state index in [1.165, 1.54) is 84.9 Å². The lowest BCUT2D eigenvalue weighted by atomic mass is 10.2. The first-order valence-electron chi connectivity index (χ1n) is 26.2. The molecule has 30 nitrogen and oxygen atoms in total. The molecule has 0 saturated carbocycles. The van der Waals surface area contributed by atoms with Gasteiger partial charge in [0.2, 0.25) is 0 Å². The zero-order chi connectivity index (χ0) is 63.3. The number of nitrogens with one attached hydrogen (secondary N) is 12. The van der Waals surface area contributed by atoms with Crippen LogP contribution in [0.5, 0.6) is 0 Å². The van der Waals surface area contributed by atoms with Gasteiger partial charge < -0.3 is 81.4 Å². The predicted molar refractivity (Wildman–Crippen MR) is 319 cm³/mol. The summed E-state index contributed by atoms with van der Waals surface area (Å²) >= 11 is 0. The number of fused-ring (bicyclic) bond motifs is 12. The fourth-order valence-electron chi connectivity index (χ4n) is 7.79. The van der Waals surface area contributed by atoms with E-state index in [4.69, 9.17) is 18.9 Å². The Labute approximate surface area is 515 Å². The summed E-state index contributed by atoms with van der Waals surface area (Å²) in [7, 11) is 8.94. The van der Waals surface area contributed by atoms with Crippen molar-refractivity contribution in [3.8, 4) is 0 Å². The lowest BCUT2D eigenvalue weighted by Gasteiger charge is -2.18. The highest BCUT2D eigenvalue weighted by atomic mass is 33.1. The fraction of sp³-hybridized carbons (Fsp3) is 0.296. The lowest BCUT2D eigenvalue weighted by Crippen LogP contribution is -2.44. The third kappa shape index (κ3) is 18.7. The topological polar surface area (TPSA) is 427 Å². The van der Waals surface area contributed by atoms with Crippen molar-refractivity contribution in [3.05, 3.63) is 153 Å². The second-order valence-corrected chi connectivity index (χ2v) is 23.6. The van der Waals surface area contributed by atoms with E-state index in [1.807, 2.05) is 0 Å². The number of amides is 8. The Hall–Kier alpha value is -9.54. The zero-order valence-corrected chi connectivity index (χ0v) is 50.4. The van der Waals surface area contributed by atoms with Crippen molar-refractivity contribution in [2.45, 2.75) is 50.3 Å². The van der Waals surface area contributed by atoms with E-state index in [0.29, 0.717) is 22.8 Å². The molecule has 0 radical (unpaired) electrons. The van der Waals surface area contributed by atoms with Crippen molar-refractivity contribution >= 4 is 114 Å². The van der Waals surface area contributed by atoms with Crippen molar-refractivity contribution in [3.63, 3.8) is 0 Å². The molecule has 34 heteroatoms. The third-order valence-corrected chi connectivity index (χ3v) is 17.3. The Morgan fingerprint density at radius 1 is 0.341 bits per heavy atom. The van der Waals surface area contributed by atoms with E-state index in [9.17, 15) is 57.5 Å². The van der Waals surface area contributed by atoms with Crippen LogP contribution in [0.15, 0.2) is 84.9 Å². The standard InChI is InChI=1S/C54H58N14O16S4/c1-81-51(77)39-23-85-86-24-40(52(78)82-2)66-48(74)36-16-12-28(60-36)20-56-45(71)33-9-6-10-34(64-33)46(72)58-22-30-14-18-38(62-30)50(76)68-42(54(80)84-4)26-88-87-25-41(53(79)83-3)67-49(75)37-17-13-29(61-37)21-57-44(70)32-8-5-7-31(63-32)43(69)55-19-27-11-15-35(59-27)47(73)65-39/h5-18,39-42,59-62H,19-26H2,1-4H3,(H,55,69)(H,56,71)(H,57,70)(H,58,72)(H,65,73)(H,66,74)(H,67,75)(H,68,76)/t39-,40?,41?,42-/m0/s1. The number of nitrogens with zero attached hydrogens (tertiary/aromatic N) is 2. The molecule has 12 bridgehead atoms. The SMILES string of the molecule is COC(=O)C1CSSC[C@@H](C(=O)OC)NC(=O)c2ccc([nH]2)CNC(=O)c2cccc(n2)C(=O)NCc2ccc([nH]2)C(=O)NC(C(=O)OC)CSSC[C@@H](C(=O)OC)NC(=O)c2ccc([nH]2)CNC(=O)c2cccc(n2)C(=O)NCc2ccc([nH]2)C(=O)N1. The molecule has 0 saturated heterocycles. The maximum absolute atomic E-state index is 13.3. The van der Waals surface area contributed by atoms with Crippen LogP contribution in [0.1, 0.15) is 107 Å². The monoisotopic (exact) mass is 1290 g/mol. The van der Waals surface area contributed by atoms with Crippen molar-refractivity contribution in [2.75, 3.05) is 51.5 Å². The van der Waals surface area contributed by atoms with Gasteiger partial charge in [0.05, 0.1) is 54.6 Å². The van der Waals surface area contributed by atoms with Gasteiger partial charge in [-0.1, -0.05) is 55.3 Å². The molecule has 0 aromatic carbocycles. The van der Waals surface area contributed by atoms with Crippen LogP contribution in [0.2, 0.25) is 0 Å². The van der Waals surface area contributed by atoms with Crippen molar-refractivity contribution in [1.29, 1.82) is 0 Å². The molecular formula is C54H58N14O16S4. The van der Waals surface area contributed by atoms with Crippen LogP contribution in [-0.2, 0) is 64.3 Å². The van der Waals surface area contributed by atoms with E-state index in [-0.39, 0.29) is 94.7 Å². The number of aromatic nitrogens is 6. The molecule has 4 atom stereocenters. The first-order valence-corrected chi connectivity index (χ1v) is 31.2. The quantitative estimate of drug-likeness (QED) is 0.0667. The Morgan fingerprint density at radius 2 is 0.557 bits per heavy atom. The van der Waals surface area contributed by atoms with Crippen LogP contribution in [0, 0.1) is 0 Å². The molecule has 0 spiro atoms. The molecule has 0 aliphatic carbocycles. The van der Waals surface area contributed by atoms with Gasteiger partial charge in [0.25, 0.3) is 47.3 Å². The maximum atomic E-state index is 13.3. The molecule has 1 aliphatic heterocycles. The average molecular weight is 1290 g/mol. The summed E-state index contributed by atoms with van der Waals surface area (Å²) in [5.41, 5.74) is 1.27. The van der Waals surface area contributed by atoms with E-state index >= 15 is 0 Å². The van der Waals surface area contributed by atoms with Gasteiger partial charge in [0, 0.05) is 45.8 Å². The van der Waals surface area contributed by atoms with Gasteiger partial charge in [-0.2, -0.15) is 0 Å². The predicted octanol–water partition coefficient (Wildman–Crippen LogP) is 1.07. The van der Waals surface area contributed by atoms with Crippen molar-refractivity contribution < 1.29 is 76.5 Å². The number of ether oxygens (including phenoxy) is 4. The summed E-state index contributed by atoms with van der Waals surface area (Å²) in [5, 5.41) is 21.0. The van der Waals surface area contributed by atoms with Gasteiger partial charge in [-0.25, -0.2) is 29.1 Å². The fourth-order valence-corrected chi connectivity index (χ4v) is 12.4. The summed E-state index contributed by atoms with van der Waals surface area (Å²) in [4.78, 5) is 177. The maximum Gasteiger partial charge on any atom is 0.329 e. The molecule has 2 unspecified atom stereocenters. The van der Waals surface area contributed by atoms with Gasteiger partial charge >= 0.3 is 23.9 Å². The zero-order valence-electron chi connectivity index (χ0n) is 47.1. The first-order chi connectivity index (χ1) is 42.4. The molecule has 0 fully saturated rings. The number of carbonyl (C=O) groups excluding carboxylic acids is 12. The highest BCUT2D eigenvalue weighted by Crippen LogP contribution is 2.25. The molecular weight excluding hydrogens is 1230 g/mol. The minimum absolute atomic E-state index is 0.0355. The van der Waals surface area contributed by atoms with Crippen LogP contribution in [0.3, 0.4) is 0 Å². The van der Waals surface area contributed by atoms with E-state index in [0.717, 1.165) is 71.6 Å². The molecule has 1 aliphatic rings. The normalized spacial score (nSPS) is 18.8. The number of H-pyrrole nitrogens is 4. The number of rotatable bonds is 4. The highest BCUT2D eigenvalue weighted by Gasteiger charge is 2.29. The Bertz CT molecular complexity index is 3120. The number of carbonyl (C=O) groups is 12. The summed E-state index contributed by atoms with van der Waals surface area (Å²) in [6, 6.07) is 15.6. The van der Waals surface area contributed by atoms with Gasteiger partial charge in [0.1, 0.15) is 69.7 Å². The minimum Gasteiger partial charge on any atom is -0.467 e. The number of methoxy groups -OCH3 is 4. The van der Waals surface area contributed by atoms with Gasteiger partial charge in [-0.15, -0.1) is 0 Å². The molecule has 8 amide bonds. The molecule has 12 N–H and O–H groups in total. The van der Waals surface area contributed by atoms with Crippen LogP contribution in [-0.4, -0.2) is 177 Å². The van der Waals surface area contributed by atoms with Crippen LogP contribution in [0.4, 0.5) is 0 Å². The van der Waals surface area contributed by atoms with Crippen LogP contribution < -0.4 is 42.5 Å². The summed E-state index contributed by atoms with van der Waals surface area (Å²) in [6.07, 6.45) is 0. The number of pyridine rings is 2. The van der Waals surface area contributed by atoms with Crippen molar-refractivity contribution in [1.82, 2.24) is 72.4 Å². The average Bonchev–Trinajstić information content (AvgIpc) is 4.50.